The van der Waals surface area contributed by atoms with Crippen molar-refractivity contribution in [2.75, 3.05) is 16.8 Å². The highest BCUT2D eigenvalue weighted by molar-refractivity contribution is 5.90. The summed E-state index contributed by atoms with van der Waals surface area (Å²) in [6, 6.07) is 1.15. The van der Waals surface area contributed by atoms with Crippen LogP contribution in [-0.4, -0.2) is 28.3 Å². The Bertz CT molecular complexity index is 495. The van der Waals surface area contributed by atoms with Gasteiger partial charge in [0.15, 0.2) is 0 Å². The number of aromatic nitrogens is 2. The lowest BCUT2D eigenvalue weighted by molar-refractivity contribution is -0.116. The first kappa shape index (κ1) is 12.9. The lowest BCUT2D eigenvalue weighted by Gasteiger charge is -2.17. The van der Waals surface area contributed by atoms with Crippen molar-refractivity contribution in [2.24, 2.45) is 0 Å². The number of amides is 2. The van der Waals surface area contributed by atoms with Gasteiger partial charge in [0.1, 0.15) is 5.82 Å². The van der Waals surface area contributed by atoms with Crippen LogP contribution in [0.4, 0.5) is 11.8 Å². The Morgan fingerprint density at radius 2 is 2.12 bits per heavy atom. The molecule has 0 fully saturated rings. The summed E-state index contributed by atoms with van der Waals surface area (Å²) in [7, 11) is 0. The van der Waals surface area contributed by atoms with Gasteiger partial charge in [0, 0.05) is 26.5 Å². The van der Waals surface area contributed by atoms with E-state index < -0.39 is 5.56 Å². The SMILES string of the molecule is CCN(C(C)=O)c1nc(NC(C)=O)cc(=O)[nH]1. The number of aromatic amines is 1. The molecule has 92 valence electrons. The van der Waals surface area contributed by atoms with Crippen LogP contribution in [0.1, 0.15) is 20.8 Å². The van der Waals surface area contributed by atoms with Crippen molar-refractivity contribution in [3.63, 3.8) is 0 Å². The van der Waals surface area contributed by atoms with Gasteiger partial charge in [-0.2, -0.15) is 4.98 Å². The smallest absolute Gasteiger partial charge is 0.254 e. The van der Waals surface area contributed by atoms with Crippen LogP contribution in [0.3, 0.4) is 0 Å². The topological polar surface area (TPSA) is 95.2 Å². The van der Waals surface area contributed by atoms with Gasteiger partial charge in [-0.25, -0.2) is 0 Å². The zero-order valence-corrected chi connectivity index (χ0v) is 9.90. The third kappa shape index (κ3) is 3.40. The molecule has 0 aliphatic rings. The van der Waals surface area contributed by atoms with Gasteiger partial charge in [0.25, 0.3) is 5.56 Å². The second kappa shape index (κ2) is 5.24. The fraction of sp³-hybridized carbons (Fsp3) is 0.400. The van der Waals surface area contributed by atoms with Crippen LogP contribution in [-0.2, 0) is 9.59 Å². The summed E-state index contributed by atoms with van der Waals surface area (Å²) in [4.78, 5) is 41.2. The van der Waals surface area contributed by atoms with E-state index >= 15 is 0 Å². The maximum Gasteiger partial charge on any atom is 0.254 e. The minimum absolute atomic E-state index is 0.121. The number of hydrogen-bond acceptors (Lipinski definition) is 4. The van der Waals surface area contributed by atoms with Gasteiger partial charge in [-0.15, -0.1) is 0 Å². The van der Waals surface area contributed by atoms with Crippen molar-refractivity contribution >= 4 is 23.6 Å². The van der Waals surface area contributed by atoms with Crippen molar-refractivity contribution in [3.8, 4) is 0 Å². The molecular formula is C10H14N4O3. The fourth-order valence-corrected chi connectivity index (χ4v) is 1.34. The zero-order chi connectivity index (χ0) is 13.0. The third-order valence-corrected chi connectivity index (χ3v) is 1.99. The lowest BCUT2D eigenvalue weighted by Crippen LogP contribution is -2.31. The molecule has 0 bridgehead atoms. The maximum atomic E-state index is 11.4. The van der Waals surface area contributed by atoms with E-state index in [0.717, 1.165) is 6.07 Å². The van der Waals surface area contributed by atoms with E-state index in [-0.39, 0.29) is 23.6 Å². The molecule has 1 aromatic heterocycles. The molecule has 0 aliphatic heterocycles. The van der Waals surface area contributed by atoms with E-state index in [4.69, 9.17) is 0 Å². The normalized spacial score (nSPS) is 9.82. The highest BCUT2D eigenvalue weighted by atomic mass is 16.2. The molecule has 2 amide bonds. The fourth-order valence-electron chi connectivity index (χ4n) is 1.34. The van der Waals surface area contributed by atoms with Crippen LogP contribution in [0.15, 0.2) is 10.9 Å². The van der Waals surface area contributed by atoms with Gasteiger partial charge in [0.05, 0.1) is 0 Å². The summed E-state index contributed by atoms with van der Waals surface area (Å²) < 4.78 is 0. The van der Waals surface area contributed by atoms with Crippen molar-refractivity contribution < 1.29 is 9.59 Å². The molecule has 2 N–H and O–H groups in total. The van der Waals surface area contributed by atoms with Crippen molar-refractivity contribution in [1.29, 1.82) is 0 Å². The van der Waals surface area contributed by atoms with Crippen molar-refractivity contribution in [2.45, 2.75) is 20.8 Å². The number of carbonyl (C=O) groups is 2. The van der Waals surface area contributed by atoms with Gasteiger partial charge in [-0.05, 0) is 6.92 Å². The Morgan fingerprint density at radius 1 is 1.47 bits per heavy atom. The molecule has 0 saturated carbocycles. The Kier molecular flexibility index (Phi) is 3.97. The predicted molar refractivity (Wildman–Crippen MR) is 62.9 cm³/mol. The molecule has 7 nitrogen and oxygen atoms in total. The number of anilines is 2. The zero-order valence-electron chi connectivity index (χ0n) is 9.90. The van der Waals surface area contributed by atoms with Crippen molar-refractivity contribution in [1.82, 2.24) is 9.97 Å². The number of nitrogens with zero attached hydrogens (tertiary/aromatic N) is 2. The summed E-state index contributed by atoms with van der Waals surface area (Å²) in [5.41, 5.74) is -0.432. The lowest BCUT2D eigenvalue weighted by atomic mass is 10.5. The van der Waals surface area contributed by atoms with E-state index in [1.165, 1.54) is 18.7 Å². The van der Waals surface area contributed by atoms with Crippen LogP contribution < -0.4 is 15.8 Å². The number of rotatable bonds is 3. The average Bonchev–Trinajstić information content (AvgIpc) is 2.15. The van der Waals surface area contributed by atoms with Gasteiger partial charge < -0.3 is 5.32 Å². The summed E-state index contributed by atoms with van der Waals surface area (Å²) >= 11 is 0. The molecule has 0 atom stereocenters. The van der Waals surface area contributed by atoms with E-state index in [9.17, 15) is 14.4 Å². The van der Waals surface area contributed by atoms with Crippen LogP contribution in [0.25, 0.3) is 0 Å². The molecule has 0 spiro atoms. The van der Waals surface area contributed by atoms with E-state index in [0.29, 0.717) is 6.54 Å². The largest absolute Gasteiger partial charge is 0.311 e. The van der Waals surface area contributed by atoms with Gasteiger partial charge in [0.2, 0.25) is 17.8 Å². The first-order valence-electron chi connectivity index (χ1n) is 5.11. The first-order chi connectivity index (χ1) is 7.93. The minimum Gasteiger partial charge on any atom is -0.311 e. The molecule has 1 rings (SSSR count). The summed E-state index contributed by atoms with van der Waals surface area (Å²) in [5, 5.41) is 2.40. The second-order valence-corrected chi connectivity index (χ2v) is 3.40. The molecule has 0 aliphatic carbocycles. The summed E-state index contributed by atoms with van der Waals surface area (Å²) in [6.07, 6.45) is 0. The van der Waals surface area contributed by atoms with Crippen LogP contribution >= 0.6 is 0 Å². The predicted octanol–water partition coefficient (Wildman–Crippen LogP) is 0.101. The highest BCUT2D eigenvalue weighted by Gasteiger charge is 2.13. The first-order valence-corrected chi connectivity index (χ1v) is 5.11. The molecule has 1 aromatic rings. The van der Waals surface area contributed by atoms with Gasteiger partial charge in [-0.1, -0.05) is 0 Å². The quantitative estimate of drug-likeness (QED) is 0.780. The van der Waals surface area contributed by atoms with E-state index in [1.807, 2.05) is 0 Å². The molecule has 0 unspecified atom stereocenters. The third-order valence-electron chi connectivity index (χ3n) is 1.99. The van der Waals surface area contributed by atoms with E-state index in [2.05, 4.69) is 15.3 Å². The maximum absolute atomic E-state index is 11.4. The highest BCUT2D eigenvalue weighted by Crippen LogP contribution is 2.08. The summed E-state index contributed by atoms with van der Waals surface area (Å²) in [6.45, 7) is 4.81. The minimum atomic E-state index is -0.432. The molecule has 17 heavy (non-hydrogen) atoms. The molecule has 0 aromatic carbocycles. The number of nitrogens with one attached hydrogen (secondary N) is 2. The Labute approximate surface area is 97.9 Å². The standard InChI is InChI=1S/C10H14N4O3/c1-4-14(7(3)16)10-12-8(11-6(2)15)5-9(17)13-10/h5H,4H2,1-3H3,(H2,11,12,13,15,17). The average molecular weight is 238 g/mol. The van der Waals surface area contributed by atoms with Crippen LogP contribution in [0.2, 0.25) is 0 Å². The molecular weight excluding hydrogens is 224 g/mol. The molecule has 0 saturated heterocycles. The van der Waals surface area contributed by atoms with Crippen LogP contribution in [0, 0.1) is 0 Å². The van der Waals surface area contributed by atoms with Gasteiger partial charge >= 0.3 is 0 Å². The monoisotopic (exact) mass is 238 g/mol. The van der Waals surface area contributed by atoms with Crippen LogP contribution in [0.5, 0.6) is 0 Å². The van der Waals surface area contributed by atoms with Crippen molar-refractivity contribution in [3.05, 3.63) is 16.4 Å². The van der Waals surface area contributed by atoms with Gasteiger partial charge in [-0.3, -0.25) is 24.3 Å². The summed E-state index contributed by atoms with van der Waals surface area (Å²) in [5.74, 6) is -0.331. The number of H-pyrrole nitrogens is 1. The number of hydrogen-bond donors (Lipinski definition) is 2. The molecule has 1 heterocycles. The molecule has 7 heteroatoms. The van der Waals surface area contributed by atoms with E-state index in [1.54, 1.807) is 6.92 Å². The Balaban J connectivity index is 3.16. The Hall–Kier alpha value is -2.18. The Morgan fingerprint density at radius 3 is 2.59 bits per heavy atom. The molecule has 0 radical (unpaired) electrons. The second-order valence-electron chi connectivity index (χ2n) is 3.40. The number of carbonyl (C=O) groups excluding carboxylic acids is 2.